The zero-order valence-electron chi connectivity index (χ0n) is 19.9. The van der Waals surface area contributed by atoms with E-state index < -0.39 is 5.92 Å². The van der Waals surface area contributed by atoms with Crippen molar-refractivity contribution in [3.05, 3.63) is 81.5 Å². The molecule has 1 N–H and O–H groups in total. The molecule has 0 unspecified atom stereocenters. The molecule has 4 rings (SSSR count). The second-order valence-electron chi connectivity index (χ2n) is 8.77. The number of hydrogen-bond donors (Lipinski definition) is 1. The van der Waals surface area contributed by atoms with Crippen LogP contribution in [0.1, 0.15) is 52.2 Å². The Kier molecular flexibility index (Phi) is 7.22. The highest BCUT2D eigenvalue weighted by molar-refractivity contribution is 7.10. The van der Waals surface area contributed by atoms with Crippen LogP contribution in [-0.4, -0.2) is 37.5 Å². The van der Waals surface area contributed by atoms with E-state index in [1.54, 1.807) is 25.6 Å². The van der Waals surface area contributed by atoms with E-state index in [9.17, 15) is 9.59 Å². The number of amides is 2. The zero-order valence-corrected chi connectivity index (χ0v) is 20.7. The Bertz CT molecular complexity index is 1160. The topological polar surface area (TPSA) is 67.9 Å². The van der Waals surface area contributed by atoms with E-state index in [1.165, 1.54) is 0 Å². The van der Waals surface area contributed by atoms with Gasteiger partial charge in [-0.2, -0.15) is 0 Å². The summed E-state index contributed by atoms with van der Waals surface area (Å²) >= 11 is 1.57. The van der Waals surface area contributed by atoms with Crippen LogP contribution < -0.4 is 14.8 Å². The molecule has 2 amide bonds. The minimum Gasteiger partial charge on any atom is -0.497 e. The highest BCUT2D eigenvalue weighted by atomic mass is 32.1. The Morgan fingerprint density at radius 2 is 1.88 bits per heavy atom. The molecule has 0 fully saturated rings. The average Bonchev–Trinajstić information content (AvgIpc) is 3.38. The minimum absolute atomic E-state index is 0.0267. The van der Waals surface area contributed by atoms with Gasteiger partial charge in [0.15, 0.2) is 0 Å². The molecule has 7 heteroatoms. The van der Waals surface area contributed by atoms with E-state index in [2.05, 4.69) is 19.2 Å². The summed E-state index contributed by atoms with van der Waals surface area (Å²) in [5.74, 6) is 0.956. The van der Waals surface area contributed by atoms with Crippen molar-refractivity contribution in [3.8, 4) is 11.5 Å². The number of hydrogen-bond acceptors (Lipinski definition) is 5. The average molecular weight is 479 g/mol. The second kappa shape index (κ2) is 10.3. The van der Waals surface area contributed by atoms with Crippen LogP contribution in [0.15, 0.2) is 60.0 Å². The summed E-state index contributed by atoms with van der Waals surface area (Å²) in [5.41, 5.74) is 2.18. The zero-order chi connectivity index (χ0) is 24.2. The van der Waals surface area contributed by atoms with Gasteiger partial charge in [-0.3, -0.25) is 9.59 Å². The van der Waals surface area contributed by atoms with E-state index in [0.29, 0.717) is 23.6 Å². The van der Waals surface area contributed by atoms with Crippen LogP contribution in [0.25, 0.3) is 0 Å². The van der Waals surface area contributed by atoms with Crippen LogP contribution in [0.4, 0.5) is 0 Å². The van der Waals surface area contributed by atoms with Gasteiger partial charge in [-0.15, -0.1) is 11.3 Å². The van der Waals surface area contributed by atoms with Gasteiger partial charge in [0, 0.05) is 29.1 Å². The minimum atomic E-state index is -0.525. The van der Waals surface area contributed by atoms with Gasteiger partial charge < -0.3 is 19.7 Å². The summed E-state index contributed by atoms with van der Waals surface area (Å²) < 4.78 is 10.8. The molecule has 2 aromatic carbocycles. The van der Waals surface area contributed by atoms with E-state index in [1.807, 2.05) is 64.9 Å². The van der Waals surface area contributed by atoms with E-state index >= 15 is 0 Å². The van der Waals surface area contributed by atoms with Crippen LogP contribution in [0.3, 0.4) is 0 Å². The van der Waals surface area contributed by atoms with E-state index in [-0.39, 0.29) is 30.3 Å². The van der Waals surface area contributed by atoms with Crippen LogP contribution >= 0.6 is 11.3 Å². The molecule has 6 nitrogen and oxygen atoms in total. The second-order valence-corrected chi connectivity index (χ2v) is 9.75. The molecule has 1 aromatic heterocycles. The number of ether oxygens (including phenoxy) is 2. The van der Waals surface area contributed by atoms with Crippen molar-refractivity contribution < 1.29 is 19.1 Å². The number of carbonyl (C=O) groups is 2. The lowest BCUT2D eigenvalue weighted by Crippen LogP contribution is -2.48. The maximum atomic E-state index is 13.8. The first-order valence-corrected chi connectivity index (χ1v) is 12.2. The Hall–Kier alpha value is -3.32. The molecule has 178 valence electrons. The molecule has 0 bridgehead atoms. The maximum absolute atomic E-state index is 13.8. The fraction of sp³-hybridized carbons (Fsp3) is 0.333. The lowest BCUT2D eigenvalue weighted by Gasteiger charge is -2.42. The molecule has 2 atom stereocenters. The molecule has 0 saturated heterocycles. The molecule has 1 aliphatic rings. The Morgan fingerprint density at radius 1 is 1.09 bits per heavy atom. The van der Waals surface area contributed by atoms with Gasteiger partial charge in [-0.05, 0) is 47.2 Å². The maximum Gasteiger partial charge on any atom is 0.254 e. The highest BCUT2D eigenvalue weighted by Crippen LogP contribution is 2.44. The lowest BCUT2D eigenvalue weighted by atomic mass is 9.81. The Morgan fingerprint density at radius 3 is 2.56 bits per heavy atom. The summed E-state index contributed by atoms with van der Waals surface area (Å²) in [6, 6.07) is 16.6. The molecule has 0 spiro atoms. The third-order valence-electron chi connectivity index (χ3n) is 6.06. The third kappa shape index (κ3) is 4.66. The molecule has 1 aliphatic heterocycles. The van der Waals surface area contributed by atoms with Crippen LogP contribution in [0.2, 0.25) is 0 Å². The largest absolute Gasteiger partial charge is 0.497 e. The van der Waals surface area contributed by atoms with E-state index in [4.69, 9.17) is 9.47 Å². The summed E-state index contributed by atoms with van der Waals surface area (Å²) in [4.78, 5) is 30.2. The number of carbonyl (C=O) groups excluding carboxylic acids is 2. The van der Waals surface area contributed by atoms with Gasteiger partial charge >= 0.3 is 0 Å². The number of benzene rings is 2. The normalized spacial score (nSPS) is 17.4. The van der Waals surface area contributed by atoms with E-state index in [0.717, 1.165) is 16.0 Å². The molecule has 0 radical (unpaired) electrons. The molecule has 3 aromatic rings. The predicted molar refractivity (Wildman–Crippen MR) is 134 cm³/mol. The molecule has 34 heavy (non-hydrogen) atoms. The quantitative estimate of drug-likeness (QED) is 0.494. The highest BCUT2D eigenvalue weighted by Gasteiger charge is 2.44. The summed E-state index contributed by atoms with van der Waals surface area (Å²) in [6.45, 7) is 5.03. The number of nitrogens with zero attached hydrogens (tertiary/aromatic N) is 1. The van der Waals surface area contributed by atoms with Crippen molar-refractivity contribution in [2.24, 2.45) is 5.92 Å². The van der Waals surface area contributed by atoms with Crippen molar-refractivity contribution >= 4 is 23.2 Å². The lowest BCUT2D eigenvalue weighted by molar-refractivity contribution is -0.124. The number of thiophene rings is 1. The van der Waals surface area contributed by atoms with Gasteiger partial charge in [0.05, 0.1) is 26.2 Å². The van der Waals surface area contributed by atoms with Crippen molar-refractivity contribution in [2.75, 3.05) is 20.8 Å². The summed E-state index contributed by atoms with van der Waals surface area (Å²) in [6.07, 6.45) is 0. The number of nitrogens with one attached hydrogen (secondary N) is 1. The monoisotopic (exact) mass is 478 g/mol. The molecule has 0 aliphatic carbocycles. The summed E-state index contributed by atoms with van der Waals surface area (Å²) in [7, 11) is 3.21. The SMILES string of the molecule is COc1ccc(OC)c(CNC(=O)[C@@H]2c3ccccc3C(=O)N(CC(C)C)[C@@H]2c2cccs2)c1. The van der Waals surface area contributed by atoms with Crippen molar-refractivity contribution in [3.63, 3.8) is 0 Å². The Labute approximate surface area is 204 Å². The fourth-order valence-corrected chi connectivity index (χ4v) is 5.43. The predicted octanol–water partition coefficient (Wildman–Crippen LogP) is 5.02. The number of rotatable bonds is 8. The number of fused-ring (bicyclic) bond motifs is 1. The first kappa shape index (κ1) is 23.8. The fourth-order valence-electron chi connectivity index (χ4n) is 4.56. The smallest absolute Gasteiger partial charge is 0.254 e. The first-order chi connectivity index (χ1) is 16.4. The van der Waals surface area contributed by atoms with Crippen LogP contribution in [0.5, 0.6) is 11.5 Å². The van der Waals surface area contributed by atoms with Gasteiger partial charge in [0.1, 0.15) is 11.5 Å². The van der Waals surface area contributed by atoms with Gasteiger partial charge in [0.2, 0.25) is 5.91 Å². The van der Waals surface area contributed by atoms with Gasteiger partial charge in [0.25, 0.3) is 5.91 Å². The molecule has 0 saturated carbocycles. The van der Waals surface area contributed by atoms with Crippen molar-refractivity contribution in [1.29, 1.82) is 0 Å². The van der Waals surface area contributed by atoms with Crippen LogP contribution in [0, 0.1) is 5.92 Å². The van der Waals surface area contributed by atoms with Crippen LogP contribution in [-0.2, 0) is 11.3 Å². The van der Waals surface area contributed by atoms with Crippen molar-refractivity contribution in [2.45, 2.75) is 32.4 Å². The molecular weight excluding hydrogens is 448 g/mol. The number of methoxy groups -OCH3 is 2. The molecule has 2 heterocycles. The van der Waals surface area contributed by atoms with Gasteiger partial charge in [-0.25, -0.2) is 0 Å². The first-order valence-electron chi connectivity index (χ1n) is 11.4. The van der Waals surface area contributed by atoms with Crippen molar-refractivity contribution in [1.82, 2.24) is 10.2 Å². The third-order valence-corrected chi connectivity index (χ3v) is 7.00. The van der Waals surface area contributed by atoms with Gasteiger partial charge in [-0.1, -0.05) is 38.1 Å². The summed E-state index contributed by atoms with van der Waals surface area (Å²) in [5, 5.41) is 5.10. The molecular formula is C27H30N2O4S. The Balaban J connectivity index is 1.72. The standard InChI is InChI=1S/C27H30N2O4S/c1-17(2)16-29-25(23-10-7-13-34-23)24(20-8-5-6-9-21(20)27(29)31)26(30)28-15-18-14-19(32-3)11-12-22(18)33-4/h5-14,17,24-25H,15-16H2,1-4H3,(H,28,30)/t24-,25-/m1/s1.